The third kappa shape index (κ3) is 1.60. The average molecular weight is 185 g/mol. The zero-order valence-corrected chi connectivity index (χ0v) is 7.27. The fraction of sp³-hybridized carbons (Fsp3) is 0. The zero-order valence-electron chi connectivity index (χ0n) is 7.27. The van der Waals surface area contributed by atoms with Gasteiger partial charge in [-0.3, -0.25) is 0 Å². The van der Waals surface area contributed by atoms with Crippen molar-refractivity contribution in [2.75, 3.05) is 0 Å². The third-order valence-corrected chi connectivity index (χ3v) is 1.77. The number of benzene rings is 1. The molecule has 4 nitrogen and oxygen atoms in total. The number of rotatable bonds is 2. The molecule has 4 heteroatoms. The number of H-pyrrole nitrogens is 1. The van der Waals surface area contributed by atoms with E-state index in [4.69, 9.17) is 0 Å². The lowest BCUT2D eigenvalue weighted by molar-refractivity contribution is 0.565. The molecule has 68 valence electrons. The molecule has 0 amide bonds. The molecule has 0 aliphatic carbocycles. The van der Waals surface area contributed by atoms with Gasteiger partial charge in [0.2, 0.25) is 6.08 Å². The highest BCUT2D eigenvalue weighted by Crippen LogP contribution is 2.17. The van der Waals surface area contributed by atoms with Crippen LogP contribution < -0.4 is 0 Å². The van der Waals surface area contributed by atoms with Crippen molar-refractivity contribution in [2.24, 2.45) is 4.99 Å². The summed E-state index contributed by atoms with van der Waals surface area (Å²) in [6.45, 7) is 0. The first-order chi connectivity index (χ1) is 6.90. The van der Waals surface area contributed by atoms with Crippen molar-refractivity contribution in [1.29, 1.82) is 0 Å². The molecule has 0 spiro atoms. The number of aromatic nitrogens is 2. The second-order valence-corrected chi connectivity index (χ2v) is 2.68. The van der Waals surface area contributed by atoms with E-state index in [1.165, 1.54) is 6.08 Å². The van der Waals surface area contributed by atoms with E-state index in [0.717, 1.165) is 5.56 Å². The Morgan fingerprint density at radius 2 is 2.07 bits per heavy atom. The van der Waals surface area contributed by atoms with Crippen LogP contribution in [-0.2, 0) is 4.79 Å². The van der Waals surface area contributed by atoms with Gasteiger partial charge in [0.1, 0.15) is 5.82 Å². The minimum Gasteiger partial charge on any atom is -0.343 e. The predicted octanol–water partition coefficient (Wildman–Crippen LogP) is 2.04. The quantitative estimate of drug-likeness (QED) is 0.575. The summed E-state index contributed by atoms with van der Waals surface area (Å²) in [5.74, 6) is 1.04. The van der Waals surface area contributed by atoms with Gasteiger partial charge in [0.15, 0.2) is 5.82 Å². The fourth-order valence-corrected chi connectivity index (χ4v) is 1.16. The van der Waals surface area contributed by atoms with E-state index in [9.17, 15) is 4.79 Å². The molecule has 2 aromatic rings. The predicted molar refractivity (Wildman–Crippen MR) is 51.8 cm³/mol. The number of nitrogens with zero attached hydrogens (tertiary/aromatic N) is 2. The van der Waals surface area contributed by atoms with E-state index in [-0.39, 0.29) is 0 Å². The lowest BCUT2D eigenvalue weighted by Crippen LogP contribution is -1.77. The first kappa shape index (κ1) is 8.41. The lowest BCUT2D eigenvalue weighted by atomic mass is 10.2. The Morgan fingerprint density at radius 3 is 2.79 bits per heavy atom. The van der Waals surface area contributed by atoms with E-state index in [1.54, 1.807) is 6.20 Å². The van der Waals surface area contributed by atoms with Gasteiger partial charge in [-0.05, 0) is 0 Å². The van der Waals surface area contributed by atoms with Gasteiger partial charge >= 0.3 is 0 Å². The second kappa shape index (κ2) is 3.68. The van der Waals surface area contributed by atoms with Crippen LogP contribution >= 0.6 is 0 Å². The Kier molecular flexibility index (Phi) is 2.21. The summed E-state index contributed by atoms with van der Waals surface area (Å²) in [4.78, 5) is 20.4. The van der Waals surface area contributed by atoms with Gasteiger partial charge in [0, 0.05) is 11.8 Å². The molecule has 0 saturated carbocycles. The maximum Gasteiger partial charge on any atom is 0.242 e. The van der Waals surface area contributed by atoms with Gasteiger partial charge in [-0.1, -0.05) is 30.3 Å². The second-order valence-electron chi connectivity index (χ2n) is 2.68. The van der Waals surface area contributed by atoms with Crippen molar-refractivity contribution in [3.8, 4) is 11.4 Å². The molecule has 1 heterocycles. The topological polar surface area (TPSA) is 58.1 Å². The van der Waals surface area contributed by atoms with Crippen molar-refractivity contribution in [1.82, 2.24) is 9.97 Å². The molecule has 0 radical (unpaired) electrons. The highest BCUT2D eigenvalue weighted by Gasteiger charge is 2.01. The summed E-state index contributed by atoms with van der Waals surface area (Å²) >= 11 is 0. The molecule has 2 rings (SSSR count). The summed E-state index contributed by atoms with van der Waals surface area (Å²) in [5.41, 5.74) is 0.958. The van der Waals surface area contributed by atoms with Crippen LogP contribution in [0.1, 0.15) is 0 Å². The Labute approximate surface area is 80.3 Å². The van der Waals surface area contributed by atoms with Crippen LogP contribution in [0.3, 0.4) is 0 Å². The monoisotopic (exact) mass is 185 g/mol. The third-order valence-electron chi connectivity index (χ3n) is 1.77. The van der Waals surface area contributed by atoms with E-state index in [0.29, 0.717) is 11.6 Å². The van der Waals surface area contributed by atoms with Crippen LogP contribution in [0, 0.1) is 0 Å². The van der Waals surface area contributed by atoms with Gasteiger partial charge in [-0.25, -0.2) is 9.78 Å². The Morgan fingerprint density at radius 1 is 1.29 bits per heavy atom. The van der Waals surface area contributed by atoms with E-state index < -0.39 is 0 Å². The van der Waals surface area contributed by atoms with Crippen molar-refractivity contribution in [2.45, 2.75) is 0 Å². The number of carbonyl (C=O) groups excluding carboxylic acids is 1. The molecular weight excluding hydrogens is 178 g/mol. The SMILES string of the molecule is O=C=Nc1c[nH]c(-c2ccccc2)n1. The van der Waals surface area contributed by atoms with Crippen LogP contribution in [0.4, 0.5) is 5.82 Å². The van der Waals surface area contributed by atoms with Crippen molar-refractivity contribution < 1.29 is 4.79 Å². The van der Waals surface area contributed by atoms with E-state index in [1.807, 2.05) is 30.3 Å². The maximum atomic E-state index is 9.97. The summed E-state index contributed by atoms with van der Waals surface area (Å²) in [6.07, 6.45) is 3.00. The van der Waals surface area contributed by atoms with Crippen LogP contribution in [0.25, 0.3) is 11.4 Å². The largest absolute Gasteiger partial charge is 0.343 e. The van der Waals surface area contributed by atoms with E-state index >= 15 is 0 Å². The lowest BCUT2D eigenvalue weighted by Gasteiger charge is -1.92. The Bertz CT molecular complexity index is 469. The molecular formula is C10H7N3O. The first-order valence-corrected chi connectivity index (χ1v) is 4.09. The molecule has 0 fully saturated rings. The van der Waals surface area contributed by atoms with E-state index in [2.05, 4.69) is 15.0 Å². The fourth-order valence-electron chi connectivity index (χ4n) is 1.16. The summed E-state index contributed by atoms with van der Waals surface area (Å²) in [7, 11) is 0. The van der Waals surface area contributed by atoms with Crippen LogP contribution in [0.5, 0.6) is 0 Å². The molecule has 1 aromatic carbocycles. The molecule has 14 heavy (non-hydrogen) atoms. The summed E-state index contributed by atoms with van der Waals surface area (Å²) in [6, 6.07) is 9.61. The van der Waals surface area contributed by atoms with Gasteiger partial charge in [-0.15, -0.1) is 4.99 Å². The summed E-state index contributed by atoms with van der Waals surface area (Å²) in [5, 5.41) is 0. The molecule has 0 atom stereocenters. The molecule has 1 aromatic heterocycles. The van der Waals surface area contributed by atoms with Gasteiger partial charge in [0.25, 0.3) is 0 Å². The molecule has 1 N–H and O–H groups in total. The molecule has 0 aliphatic heterocycles. The van der Waals surface area contributed by atoms with Gasteiger partial charge < -0.3 is 4.98 Å². The van der Waals surface area contributed by atoms with Gasteiger partial charge in [0.05, 0.1) is 0 Å². The van der Waals surface area contributed by atoms with Crippen LogP contribution in [0.2, 0.25) is 0 Å². The normalized spacial score (nSPS) is 9.43. The maximum absolute atomic E-state index is 9.97. The summed E-state index contributed by atoms with van der Waals surface area (Å²) < 4.78 is 0. The molecule has 0 saturated heterocycles. The smallest absolute Gasteiger partial charge is 0.242 e. The molecule has 0 unspecified atom stereocenters. The van der Waals surface area contributed by atoms with Crippen molar-refractivity contribution in [3.63, 3.8) is 0 Å². The Hall–Kier alpha value is -2.19. The van der Waals surface area contributed by atoms with Crippen LogP contribution in [0.15, 0.2) is 41.5 Å². The Balaban J connectivity index is 2.39. The highest BCUT2D eigenvalue weighted by molar-refractivity contribution is 5.57. The zero-order chi connectivity index (χ0) is 9.80. The number of nitrogens with one attached hydrogen (secondary N) is 1. The number of hydrogen-bond acceptors (Lipinski definition) is 3. The number of aromatic amines is 1. The van der Waals surface area contributed by atoms with Crippen LogP contribution in [-0.4, -0.2) is 16.0 Å². The minimum atomic E-state index is 0.346. The average Bonchev–Trinajstić information content (AvgIpc) is 2.68. The number of hydrogen-bond donors (Lipinski definition) is 1. The highest BCUT2D eigenvalue weighted by atomic mass is 16.1. The molecule has 0 aliphatic rings. The van der Waals surface area contributed by atoms with Crippen molar-refractivity contribution in [3.05, 3.63) is 36.5 Å². The standard InChI is InChI=1S/C10H7N3O/c14-7-12-9-6-11-10(13-9)8-4-2-1-3-5-8/h1-6H,(H,11,13). The molecule has 0 bridgehead atoms. The number of isocyanates is 1. The minimum absolute atomic E-state index is 0.346. The first-order valence-electron chi connectivity index (χ1n) is 4.09. The number of aliphatic imine (C=N–C) groups is 1. The van der Waals surface area contributed by atoms with Gasteiger partial charge in [-0.2, -0.15) is 0 Å². The number of imidazole rings is 1. The van der Waals surface area contributed by atoms with Crippen molar-refractivity contribution >= 4 is 11.9 Å².